The average molecular weight is 291 g/mol. The van der Waals surface area contributed by atoms with Gasteiger partial charge < -0.3 is 4.74 Å². The zero-order valence-corrected chi connectivity index (χ0v) is 12.8. The van der Waals surface area contributed by atoms with Gasteiger partial charge in [-0.15, -0.1) is 0 Å². The van der Waals surface area contributed by atoms with Crippen molar-refractivity contribution in [3.05, 3.63) is 33.9 Å². The maximum Gasteiger partial charge on any atom is 0.269 e. The number of aryl methyl sites for hydroxylation is 1. The van der Waals surface area contributed by atoms with E-state index in [0.29, 0.717) is 24.3 Å². The number of nitrogens with zero attached hydrogens (tertiary/aromatic N) is 2. The van der Waals surface area contributed by atoms with Crippen molar-refractivity contribution in [1.82, 2.24) is 5.32 Å². The molecule has 0 bridgehead atoms. The molecule has 0 spiro atoms. The van der Waals surface area contributed by atoms with Crippen LogP contribution in [0.3, 0.4) is 0 Å². The highest BCUT2D eigenvalue weighted by Gasteiger charge is 2.26. The maximum absolute atomic E-state index is 10.7. The quantitative estimate of drug-likeness (QED) is 0.616. The molecule has 1 rings (SSSR count). The molecule has 1 aromatic rings. The van der Waals surface area contributed by atoms with E-state index < -0.39 is 10.5 Å². The molecule has 0 heterocycles. The molecule has 0 radical (unpaired) electrons. The van der Waals surface area contributed by atoms with Crippen molar-refractivity contribution in [3.63, 3.8) is 0 Å². The van der Waals surface area contributed by atoms with Gasteiger partial charge in [0.1, 0.15) is 11.3 Å². The number of nitro benzene ring substituents is 1. The zero-order valence-electron chi connectivity index (χ0n) is 12.8. The van der Waals surface area contributed by atoms with E-state index in [9.17, 15) is 15.4 Å². The Labute approximate surface area is 124 Å². The molecule has 21 heavy (non-hydrogen) atoms. The Hall–Kier alpha value is -2.13. The number of rotatable bonds is 7. The van der Waals surface area contributed by atoms with E-state index in [1.54, 1.807) is 13.0 Å². The van der Waals surface area contributed by atoms with Crippen LogP contribution in [-0.2, 0) is 0 Å². The van der Waals surface area contributed by atoms with Crippen LogP contribution in [0.2, 0.25) is 0 Å². The Morgan fingerprint density at radius 3 is 2.71 bits per heavy atom. The van der Waals surface area contributed by atoms with Gasteiger partial charge in [0.2, 0.25) is 0 Å². The van der Waals surface area contributed by atoms with Crippen LogP contribution in [0.5, 0.6) is 5.75 Å². The summed E-state index contributed by atoms with van der Waals surface area (Å²) in [6.07, 6.45) is 0.335. The smallest absolute Gasteiger partial charge is 0.269 e. The first kappa shape index (κ1) is 16.9. The van der Waals surface area contributed by atoms with Crippen LogP contribution >= 0.6 is 0 Å². The molecular weight excluding hydrogens is 270 g/mol. The third kappa shape index (κ3) is 4.72. The van der Waals surface area contributed by atoms with Gasteiger partial charge in [-0.2, -0.15) is 5.26 Å². The molecule has 2 unspecified atom stereocenters. The van der Waals surface area contributed by atoms with Gasteiger partial charge in [-0.05, 0) is 38.9 Å². The van der Waals surface area contributed by atoms with Crippen molar-refractivity contribution in [2.24, 2.45) is 0 Å². The monoisotopic (exact) mass is 291 g/mol. The van der Waals surface area contributed by atoms with Gasteiger partial charge in [-0.3, -0.25) is 15.4 Å². The van der Waals surface area contributed by atoms with Crippen LogP contribution in [0.4, 0.5) is 5.69 Å². The summed E-state index contributed by atoms with van der Waals surface area (Å²) in [6, 6.07) is 6.75. The number of ether oxygens (including phenoxy) is 1. The first-order chi connectivity index (χ1) is 9.81. The molecule has 0 saturated heterocycles. The molecule has 0 fully saturated rings. The van der Waals surface area contributed by atoms with Crippen molar-refractivity contribution in [3.8, 4) is 11.8 Å². The predicted molar refractivity (Wildman–Crippen MR) is 80.2 cm³/mol. The highest BCUT2D eigenvalue weighted by molar-refractivity contribution is 5.43. The van der Waals surface area contributed by atoms with Gasteiger partial charge in [0.05, 0.1) is 17.1 Å². The Kier molecular flexibility index (Phi) is 5.68. The summed E-state index contributed by atoms with van der Waals surface area (Å²) in [4.78, 5) is 10.3. The molecule has 0 aliphatic rings. The summed E-state index contributed by atoms with van der Waals surface area (Å²) in [5, 5.41) is 23.1. The van der Waals surface area contributed by atoms with E-state index in [0.717, 1.165) is 0 Å². The summed E-state index contributed by atoms with van der Waals surface area (Å²) < 4.78 is 5.81. The van der Waals surface area contributed by atoms with E-state index in [1.165, 1.54) is 12.1 Å². The van der Waals surface area contributed by atoms with Gasteiger partial charge in [0.15, 0.2) is 0 Å². The molecule has 2 atom stereocenters. The minimum Gasteiger partial charge on any atom is -0.490 e. The minimum atomic E-state index is -0.650. The van der Waals surface area contributed by atoms with E-state index in [4.69, 9.17) is 4.74 Å². The molecule has 0 aliphatic carbocycles. The summed E-state index contributed by atoms with van der Waals surface area (Å²) in [7, 11) is 0. The third-order valence-corrected chi connectivity index (χ3v) is 3.21. The SMILES string of the molecule is CCNC(C)(C#N)CC(C)Oc1ccc([N+](=O)[O-])cc1C. The van der Waals surface area contributed by atoms with E-state index in [-0.39, 0.29) is 11.8 Å². The van der Waals surface area contributed by atoms with Gasteiger partial charge in [-0.25, -0.2) is 0 Å². The number of nitrogens with one attached hydrogen (secondary N) is 1. The number of benzene rings is 1. The minimum absolute atomic E-state index is 0.0435. The van der Waals surface area contributed by atoms with Crippen LogP contribution in [0, 0.1) is 28.4 Å². The molecule has 0 amide bonds. The molecule has 0 aliphatic heterocycles. The predicted octanol–water partition coefficient (Wildman–Crippen LogP) is 2.95. The molecule has 6 heteroatoms. The van der Waals surface area contributed by atoms with Gasteiger partial charge in [0.25, 0.3) is 5.69 Å². The van der Waals surface area contributed by atoms with Crippen LogP contribution in [0.15, 0.2) is 18.2 Å². The first-order valence-corrected chi connectivity index (χ1v) is 6.89. The fraction of sp³-hybridized carbons (Fsp3) is 0.533. The second-order valence-corrected chi connectivity index (χ2v) is 5.31. The fourth-order valence-electron chi connectivity index (χ4n) is 2.26. The van der Waals surface area contributed by atoms with Crippen LogP contribution in [-0.4, -0.2) is 23.1 Å². The summed E-state index contributed by atoms with van der Waals surface area (Å²) >= 11 is 0. The zero-order chi connectivity index (χ0) is 16.0. The highest BCUT2D eigenvalue weighted by Crippen LogP contribution is 2.25. The van der Waals surface area contributed by atoms with Crippen molar-refractivity contribution >= 4 is 5.69 Å². The van der Waals surface area contributed by atoms with Crippen LogP contribution in [0.1, 0.15) is 32.8 Å². The molecule has 6 nitrogen and oxygen atoms in total. The van der Waals surface area contributed by atoms with Gasteiger partial charge >= 0.3 is 0 Å². The summed E-state index contributed by atoms with van der Waals surface area (Å²) in [5.41, 5.74) is 0.100. The van der Waals surface area contributed by atoms with Crippen molar-refractivity contribution in [2.45, 2.75) is 45.8 Å². The normalized spacial score (nSPS) is 14.8. The van der Waals surface area contributed by atoms with Gasteiger partial charge in [-0.1, -0.05) is 6.92 Å². The fourth-order valence-corrected chi connectivity index (χ4v) is 2.26. The Bertz CT molecular complexity index is 554. The number of nitriles is 1. The lowest BCUT2D eigenvalue weighted by Crippen LogP contribution is -2.44. The third-order valence-electron chi connectivity index (χ3n) is 3.21. The number of hydrogen-bond acceptors (Lipinski definition) is 5. The first-order valence-electron chi connectivity index (χ1n) is 6.89. The molecule has 114 valence electrons. The molecule has 0 aromatic heterocycles. The summed E-state index contributed by atoms with van der Waals surface area (Å²) in [6.45, 7) is 8.13. The molecule has 1 aromatic carbocycles. The topological polar surface area (TPSA) is 88.2 Å². The number of nitro groups is 1. The highest BCUT2D eigenvalue weighted by atomic mass is 16.6. The van der Waals surface area contributed by atoms with Crippen molar-refractivity contribution < 1.29 is 9.66 Å². The van der Waals surface area contributed by atoms with E-state index in [2.05, 4.69) is 11.4 Å². The van der Waals surface area contributed by atoms with Crippen molar-refractivity contribution in [2.75, 3.05) is 6.54 Å². The summed E-state index contributed by atoms with van der Waals surface area (Å²) in [5.74, 6) is 0.602. The van der Waals surface area contributed by atoms with Gasteiger partial charge in [0, 0.05) is 18.6 Å². The second-order valence-electron chi connectivity index (χ2n) is 5.31. The Morgan fingerprint density at radius 1 is 1.57 bits per heavy atom. The largest absolute Gasteiger partial charge is 0.490 e. The van der Waals surface area contributed by atoms with E-state index >= 15 is 0 Å². The van der Waals surface area contributed by atoms with E-state index in [1.807, 2.05) is 20.8 Å². The van der Waals surface area contributed by atoms with Crippen molar-refractivity contribution in [1.29, 1.82) is 5.26 Å². The Morgan fingerprint density at radius 2 is 2.24 bits per heavy atom. The molecular formula is C15H21N3O3. The number of hydrogen-bond donors (Lipinski definition) is 1. The lowest BCUT2D eigenvalue weighted by atomic mass is 9.96. The van der Waals surface area contributed by atoms with Crippen LogP contribution < -0.4 is 10.1 Å². The average Bonchev–Trinajstić information content (AvgIpc) is 2.41. The maximum atomic E-state index is 10.7. The second kappa shape index (κ2) is 7.04. The van der Waals surface area contributed by atoms with Crippen LogP contribution in [0.25, 0.3) is 0 Å². The molecule has 1 N–H and O–H groups in total. The lowest BCUT2D eigenvalue weighted by Gasteiger charge is -2.26. The standard InChI is InChI=1S/C15H21N3O3/c1-5-17-15(4,10-16)9-12(3)21-14-7-6-13(18(19)20)8-11(14)2/h6-8,12,17H,5,9H2,1-4H3. The number of non-ortho nitro benzene ring substituents is 1. The molecule has 0 saturated carbocycles. The Balaban J connectivity index is 2.77. The lowest BCUT2D eigenvalue weighted by molar-refractivity contribution is -0.384.